The highest BCUT2D eigenvalue weighted by molar-refractivity contribution is 7.26. The van der Waals surface area contributed by atoms with E-state index >= 15 is 0 Å². The third-order valence-electron chi connectivity index (χ3n) is 12.7. The van der Waals surface area contributed by atoms with Crippen molar-refractivity contribution >= 4 is 97.1 Å². The van der Waals surface area contributed by atoms with Crippen LogP contribution in [0.25, 0.3) is 131 Å². The molecule has 5 heterocycles. The molecule has 0 N–H and O–H groups in total. The van der Waals surface area contributed by atoms with Gasteiger partial charge in [-0.15, -0.1) is 11.3 Å². The Kier molecular flexibility index (Phi) is 7.46. The molecule has 5 aromatic heterocycles. The molecular formula is C57H33N5OS. The third-order valence-corrected chi connectivity index (χ3v) is 13.9. The SMILES string of the molecule is c1ccc(-c2nc(-c3ccccc3)nc(-c3cc(-n4c5ccccc5c5cc6c7ccccc7n(-c7ccccc7)c6cc54)cc4c3sc3ccc5oc6ccccc6c5c34)n2)cc1. The monoisotopic (exact) mass is 835 g/mol. The molecule has 0 radical (unpaired) electrons. The first-order chi connectivity index (χ1) is 31.7. The number of thiophene rings is 1. The molecule has 9 aromatic carbocycles. The molecular weight excluding hydrogens is 803 g/mol. The van der Waals surface area contributed by atoms with Crippen molar-refractivity contribution in [3.05, 3.63) is 200 Å². The predicted molar refractivity (Wildman–Crippen MR) is 265 cm³/mol. The molecule has 0 fully saturated rings. The Hall–Kier alpha value is -8.39. The Bertz CT molecular complexity index is 4130. The molecule has 0 atom stereocenters. The van der Waals surface area contributed by atoms with Crippen LogP contribution in [0, 0.1) is 0 Å². The molecule has 0 unspecified atom stereocenters. The summed E-state index contributed by atoms with van der Waals surface area (Å²) in [4.78, 5) is 15.8. The van der Waals surface area contributed by atoms with Crippen LogP contribution in [0.5, 0.6) is 0 Å². The molecule has 0 aliphatic carbocycles. The summed E-state index contributed by atoms with van der Waals surface area (Å²) in [5, 5.41) is 9.33. The summed E-state index contributed by atoms with van der Waals surface area (Å²) in [6.07, 6.45) is 0. The molecule has 14 aromatic rings. The van der Waals surface area contributed by atoms with Gasteiger partial charge in [-0.1, -0.05) is 133 Å². The number of rotatable bonds is 5. The second-order valence-corrected chi connectivity index (χ2v) is 17.4. The van der Waals surface area contributed by atoms with E-state index in [9.17, 15) is 0 Å². The van der Waals surface area contributed by atoms with E-state index in [0.717, 1.165) is 76.6 Å². The highest BCUT2D eigenvalue weighted by Crippen LogP contribution is 2.48. The van der Waals surface area contributed by atoms with Crippen LogP contribution < -0.4 is 0 Å². The number of hydrogen-bond donors (Lipinski definition) is 0. The first-order valence-electron chi connectivity index (χ1n) is 21.4. The average molecular weight is 836 g/mol. The number of nitrogens with zero attached hydrogens (tertiary/aromatic N) is 5. The van der Waals surface area contributed by atoms with Crippen molar-refractivity contribution in [2.75, 3.05) is 0 Å². The smallest absolute Gasteiger partial charge is 0.165 e. The highest BCUT2D eigenvalue weighted by atomic mass is 32.1. The summed E-state index contributed by atoms with van der Waals surface area (Å²) in [5.41, 5.74) is 11.2. The summed E-state index contributed by atoms with van der Waals surface area (Å²) in [6.45, 7) is 0. The molecule has 14 rings (SSSR count). The van der Waals surface area contributed by atoms with Crippen molar-refractivity contribution in [1.29, 1.82) is 0 Å². The lowest BCUT2D eigenvalue weighted by molar-refractivity contribution is 0.669. The second kappa shape index (κ2) is 13.6. The van der Waals surface area contributed by atoms with Gasteiger partial charge in [0.25, 0.3) is 0 Å². The zero-order valence-corrected chi connectivity index (χ0v) is 34.9. The van der Waals surface area contributed by atoms with E-state index in [1.165, 1.54) is 37.1 Å². The normalized spacial score (nSPS) is 12.1. The lowest BCUT2D eigenvalue weighted by atomic mass is 10.0. The minimum absolute atomic E-state index is 0.617. The fraction of sp³-hybridized carbons (Fsp3) is 0. The molecule has 7 heteroatoms. The zero-order chi connectivity index (χ0) is 41.9. The summed E-state index contributed by atoms with van der Waals surface area (Å²) >= 11 is 1.78. The van der Waals surface area contributed by atoms with Gasteiger partial charge in [0, 0.05) is 80.6 Å². The van der Waals surface area contributed by atoms with Gasteiger partial charge in [-0.25, -0.2) is 15.0 Å². The summed E-state index contributed by atoms with van der Waals surface area (Å²) in [6, 6.07) is 70.7. The maximum atomic E-state index is 6.52. The number of furan rings is 1. The predicted octanol–water partition coefficient (Wildman–Crippen LogP) is 15.3. The fourth-order valence-electron chi connectivity index (χ4n) is 9.96. The minimum atomic E-state index is 0.617. The summed E-state index contributed by atoms with van der Waals surface area (Å²) in [5.74, 6) is 1.87. The minimum Gasteiger partial charge on any atom is -0.456 e. The van der Waals surface area contributed by atoms with Crippen LogP contribution in [0.15, 0.2) is 205 Å². The maximum Gasteiger partial charge on any atom is 0.165 e. The number of para-hydroxylation sites is 4. The Morgan fingerprint density at radius 1 is 0.359 bits per heavy atom. The van der Waals surface area contributed by atoms with Crippen LogP contribution in [0.4, 0.5) is 0 Å². The molecule has 0 saturated carbocycles. The van der Waals surface area contributed by atoms with E-state index in [1.54, 1.807) is 11.3 Å². The van der Waals surface area contributed by atoms with Gasteiger partial charge in [0.1, 0.15) is 11.2 Å². The van der Waals surface area contributed by atoms with Crippen LogP contribution in [0.1, 0.15) is 0 Å². The van der Waals surface area contributed by atoms with Gasteiger partial charge in [0.2, 0.25) is 0 Å². The van der Waals surface area contributed by atoms with E-state index in [4.69, 9.17) is 19.4 Å². The molecule has 0 saturated heterocycles. The first-order valence-corrected chi connectivity index (χ1v) is 22.3. The largest absolute Gasteiger partial charge is 0.456 e. The van der Waals surface area contributed by atoms with Crippen LogP contribution in [0.2, 0.25) is 0 Å². The van der Waals surface area contributed by atoms with Crippen LogP contribution >= 0.6 is 11.3 Å². The number of aromatic nitrogens is 5. The van der Waals surface area contributed by atoms with Crippen molar-refractivity contribution in [2.24, 2.45) is 0 Å². The van der Waals surface area contributed by atoms with Gasteiger partial charge >= 0.3 is 0 Å². The number of fused-ring (bicyclic) bond motifs is 13. The topological polar surface area (TPSA) is 61.7 Å². The van der Waals surface area contributed by atoms with Crippen molar-refractivity contribution in [1.82, 2.24) is 24.1 Å². The second-order valence-electron chi connectivity index (χ2n) is 16.3. The maximum absolute atomic E-state index is 6.52. The van der Waals surface area contributed by atoms with Crippen molar-refractivity contribution < 1.29 is 4.42 Å². The van der Waals surface area contributed by atoms with Crippen LogP contribution in [-0.4, -0.2) is 24.1 Å². The lowest BCUT2D eigenvalue weighted by Gasteiger charge is -2.13. The van der Waals surface area contributed by atoms with Gasteiger partial charge in [-0.3, -0.25) is 0 Å². The standard InChI is InChI=1S/C57H33N5OS/c1-4-16-34(17-5-1)55-58-56(35-18-6-2-7-19-35)60-57(59-55)44-31-37(30-43-53-51(64-54(43)44)29-28-50-52(53)40-24-12-15-27-49(40)63-50)62-46-26-14-11-23-39(46)42-32-41-38-22-10-13-25-45(38)61(47(41)33-48(42)62)36-20-8-3-9-21-36/h1-33H. The van der Waals surface area contributed by atoms with Crippen molar-refractivity contribution in [3.8, 4) is 45.5 Å². The van der Waals surface area contributed by atoms with Crippen molar-refractivity contribution in [2.45, 2.75) is 0 Å². The zero-order valence-electron chi connectivity index (χ0n) is 34.1. The molecule has 0 amide bonds. The van der Waals surface area contributed by atoms with E-state index in [0.29, 0.717) is 17.5 Å². The van der Waals surface area contributed by atoms with E-state index in [1.807, 2.05) is 42.5 Å². The average Bonchev–Trinajstić information content (AvgIpc) is 4.11. The molecule has 0 aliphatic rings. The number of hydrogen-bond acceptors (Lipinski definition) is 5. The van der Waals surface area contributed by atoms with E-state index < -0.39 is 0 Å². The van der Waals surface area contributed by atoms with Gasteiger partial charge in [-0.05, 0) is 66.7 Å². The van der Waals surface area contributed by atoms with E-state index in [2.05, 4.69) is 167 Å². The molecule has 64 heavy (non-hydrogen) atoms. The lowest BCUT2D eigenvalue weighted by Crippen LogP contribution is -2.01. The Labute approximate surface area is 369 Å². The Morgan fingerprint density at radius 2 is 0.906 bits per heavy atom. The first kappa shape index (κ1) is 35.2. The van der Waals surface area contributed by atoms with Gasteiger partial charge < -0.3 is 13.6 Å². The third kappa shape index (κ3) is 5.16. The van der Waals surface area contributed by atoms with E-state index in [-0.39, 0.29) is 0 Å². The van der Waals surface area contributed by atoms with Crippen LogP contribution in [0.3, 0.4) is 0 Å². The van der Waals surface area contributed by atoms with Gasteiger partial charge in [0.15, 0.2) is 17.5 Å². The van der Waals surface area contributed by atoms with Crippen LogP contribution in [-0.2, 0) is 0 Å². The van der Waals surface area contributed by atoms with Crippen molar-refractivity contribution in [3.63, 3.8) is 0 Å². The molecule has 6 nitrogen and oxygen atoms in total. The summed E-state index contributed by atoms with van der Waals surface area (Å²) in [7, 11) is 0. The molecule has 0 bridgehead atoms. The van der Waals surface area contributed by atoms with Gasteiger partial charge in [0.05, 0.1) is 22.1 Å². The Balaban J connectivity index is 1.14. The summed E-state index contributed by atoms with van der Waals surface area (Å²) < 4.78 is 13.6. The highest BCUT2D eigenvalue weighted by Gasteiger charge is 2.24. The quantitative estimate of drug-likeness (QED) is 0.173. The molecule has 298 valence electrons. The molecule has 0 spiro atoms. The number of benzene rings is 9. The molecule has 0 aliphatic heterocycles. The fourth-order valence-corrected chi connectivity index (χ4v) is 11.2. The van der Waals surface area contributed by atoms with Gasteiger partial charge in [-0.2, -0.15) is 0 Å². The Morgan fingerprint density at radius 3 is 1.56 bits per heavy atom.